The van der Waals surface area contributed by atoms with E-state index in [4.69, 9.17) is 0 Å². The maximum Gasteiger partial charge on any atom is 0.0206 e. The summed E-state index contributed by atoms with van der Waals surface area (Å²) in [5.41, 5.74) is 5.00. The van der Waals surface area contributed by atoms with Gasteiger partial charge < -0.3 is 106 Å². The van der Waals surface area contributed by atoms with E-state index in [9.17, 15) is 0 Å². The van der Waals surface area contributed by atoms with Crippen LogP contribution in [-0.2, 0) is 0 Å². The first-order valence-corrected chi connectivity index (χ1v) is 42.6. The molecule has 0 radical (unpaired) electrons. The molecule has 98 heavy (non-hydrogen) atoms. The fourth-order valence-corrected chi connectivity index (χ4v) is 17.6. The average Bonchev–Trinajstić information content (AvgIpc) is 1.63. The summed E-state index contributed by atoms with van der Waals surface area (Å²) in [6.07, 6.45) is 45.4. The van der Waals surface area contributed by atoms with Gasteiger partial charge in [0.05, 0.1) is 0 Å². The van der Waals surface area contributed by atoms with Crippen molar-refractivity contribution in [2.24, 2.45) is 32.5 Å². The third-order valence-corrected chi connectivity index (χ3v) is 25.4. The molecule has 0 atom stereocenters. The zero-order valence-corrected chi connectivity index (χ0v) is 63.7. The number of hydrogen-bond donors (Lipinski definition) is 20. The lowest BCUT2D eigenvalue weighted by Crippen LogP contribution is -2.69. The van der Waals surface area contributed by atoms with Crippen molar-refractivity contribution in [2.75, 3.05) is 255 Å². The normalized spacial score (nSPS) is 29.1. The van der Waals surface area contributed by atoms with Gasteiger partial charge in [0.25, 0.3) is 0 Å². The Labute approximate surface area is 602 Å². The van der Waals surface area contributed by atoms with Crippen molar-refractivity contribution >= 4 is 0 Å². The van der Waals surface area contributed by atoms with E-state index in [-0.39, 0.29) is 0 Å². The highest BCUT2D eigenvalue weighted by Crippen LogP contribution is 2.41. The Kier molecular flexibility index (Phi) is 42.2. The molecule has 0 aromatic carbocycles. The lowest BCUT2D eigenvalue weighted by atomic mass is 9.70. The minimum atomic E-state index is 0.561. The van der Waals surface area contributed by atoms with Gasteiger partial charge in [-0.1, -0.05) is 57.8 Å². The fourth-order valence-electron chi connectivity index (χ4n) is 17.6. The predicted molar refractivity (Wildman–Crippen MR) is 418 cm³/mol. The van der Waals surface area contributed by atoms with E-state index < -0.39 is 0 Å². The molecule has 0 aromatic heterocycles. The molecule has 18 heterocycles. The third kappa shape index (κ3) is 32.9. The Hall–Kier alpha value is -0.800. The van der Waals surface area contributed by atoms with Crippen LogP contribution in [0.5, 0.6) is 0 Å². The highest BCUT2D eigenvalue weighted by molar-refractivity contribution is 5.02. The van der Waals surface area contributed by atoms with Crippen LogP contribution >= 0.6 is 0 Å². The van der Waals surface area contributed by atoms with Gasteiger partial charge in [0, 0.05) is 147 Å². The molecule has 574 valence electrons. The molecule has 0 unspecified atom stereocenters. The summed E-state index contributed by atoms with van der Waals surface area (Å²) in [6, 6.07) is 0. The van der Waals surface area contributed by atoms with Crippen LogP contribution in [-0.4, -0.2) is 261 Å². The first kappa shape index (κ1) is 82.8. The lowest BCUT2D eigenvalue weighted by molar-refractivity contribution is 0.0895. The van der Waals surface area contributed by atoms with Gasteiger partial charge in [-0.25, -0.2) is 0 Å². The zero-order chi connectivity index (χ0) is 67.8. The van der Waals surface area contributed by atoms with Crippen LogP contribution in [0.4, 0.5) is 0 Å². The molecule has 20 fully saturated rings. The molecule has 18 aliphatic heterocycles. The molecule has 20 rings (SSSR count). The highest BCUT2D eigenvalue weighted by Gasteiger charge is 2.43. The molecule has 0 amide bonds. The number of piperazine rings is 1. The van der Waals surface area contributed by atoms with Crippen molar-refractivity contribution in [1.29, 1.82) is 0 Å². The van der Waals surface area contributed by atoms with E-state index in [1.54, 1.807) is 0 Å². The summed E-state index contributed by atoms with van der Waals surface area (Å²) in [5.74, 6) is 0. The first-order valence-electron chi connectivity index (χ1n) is 42.6. The van der Waals surface area contributed by atoms with Crippen LogP contribution in [0.3, 0.4) is 0 Å². The smallest absolute Gasteiger partial charge is 0.0206 e. The van der Waals surface area contributed by atoms with E-state index >= 15 is 0 Å². The molecule has 0 bridgehead atoms. The van der Waals surface area contributed by atoms with E-state index in [0.29, 0.717) is 16.4 Å². The summed E-state index contributed by atoms with van der Waals surface area (Å²) in [4.78, 5) is 0. The monoisotopic (exact) mass is 1380 g/mol. The van der Waals surface area contributed by atoms with Gasteiger partial charge in [-0.05, 0) is 294 Å². The van der Waals surface area contributed by atoms with Crippen molar-refractivity contribution in [3.63, 3.8) is 0 Å². The SMILES string of the molecule is C1CC2(CCN1)CCNC2.C1CC2(CCN1)CNC2.C1CC2(CN1)CNC2.C1CCC2(C1)CNC2.C1CCC2(CC1)CNC2.C1CCCNCC1.C1CCNC1.C1CCNCC1.C1CCNCC1.C1CNC2(C1)CCNCC2.C1CNCCN1.C1CNCCNC1.C1NCC12CNC2. The molecule has 20 aliphatic rings. The van der Waals surface area contributed by atoms with Crippen molar-refractivity contribution in [3.8, 4) is 0 Å². The topological polar surface area (TPSA) is 241 Å². The van der Waals surface area contributed by atoms with E-state index in [1.165, 1.54) is 421 Å². The Bertz CT molecular complexity index is 1610. The molecule has 20 heteroatoms. The quantitative estimate of drug-likeness (QED) is 0.164. The Morgan fingerprint density at radius 1 is 0.112 bits per heavy atom. The van der Waals surface area contributed by atoms with Crippen molar-refractivity contribution in [3.05, 3.63) is 0 Å². The number of hydrogen-bond acceptors (Lipinski definition) is 20. The van der Waals surface area contributed by atoms with Gasteiger partial charge in [0.2, 0.25) is 0 Å². The minimum Gasteiger partial charge on any atom is -0.317 e. The lowest BCUT2D eigenvalue weighted by Gasteiger charge is -2.50. The largest absolute Gasteiger partial charge is 0.317 e. The average molecular weight is 1380 g/mol. The summed E-state index contributed by atoms with van der Waals surface area (Å²) < 4.78 is 0. The molecule has 2 aliphatic carbocycles. The van der Waals surface area contributed by atoms with E-state index in [1.807, 2.05) is 0 Å². The fraction of sp³-hybridized carbons (Fsp3) is 1.00. The van der Waals surface area contributed by atoms with Crippen LogP contribution < -0.4 is 106 Å². The van der Waals surface area contributed by atoms with Crippen LogP contribution in [0.2, 0.25) is 0 Å². The second-order valence-electron chi connectivity index (χ2n) is 33.9. The molecule has 18 saturated heterocycles. The summed E-state index contributed by atoms with van der Waals surface area (Å²) >= 11 is 0. The van der Waals surface area contributed by atoms with Crippen LogP contribution in [0.1, 0.15) is 205 Å². The number of nitrogens with one attached hydrogen (secondary N) is 20. The Balaban J connectivity index is 0.000000136. The Morgan fingerprint density at radius 2 is 0.347 bits per heavy atom. The van der Waals surface area contributed by atoms with E-state index in [2.05, 4.69) is 106 Å². The van der Waals surface area contributed by atoms with Crippen LogP contribution in [0, 0.1) is 32.5 Å². The molecule has 20 N–H and O–H groups in total. The Morgan fingerprint density at radius 3 is 0.612 bits per heavy atom. The van der Waals surface area contributed by atoms with Gasteiger partial charge in [-0.15, -0.1) is 0 Å². The summed E-state index contributed by atoms with van der Waals surface area (Å²) in [5, 5.41) is 66.7. The third-order valence-electron chi connectivity index (χ3n) is 25.4. The van der Waals surface area contributed by atoms with Crippen LogP contribution in [0.25, 0.3) is 0 Å². The van der Waals surface area contributed by atoms with Crippen molar-refractivity contribution in [1.82, 2.24) is 106 Å². The molecule has 0 aromatic rings. The minimum absolute atomic E-state index is 0.561. The second-order valence-corrected chi connectivity index (χ2v) is 33.9. The molecule has 20 nitrogen and oxygen atoms in total. The predicted octanol–water partition coefficient (Wildman–Crippen LogP) is 4.03. The van der Waals surface area contributed by atoms with E-state index in [0.717, 1.165) is 60.9 Å². The van der Waals surface area contributed by atoms with Gasteiger partial charge in [0.1, 0.15) is 0 Å². The zero-order valence-electron chi connectivity index (χ0n) is 63.7. The highest BCUT2D eigenvalue weighted by atomic mass is 15.1. The maximum absolute atomic E-state index is 3.63. The second kappa shape index (κ2) is 49.9. The van der Waals surface area contributed by atoms with Crippen LogP contribution in [0.15, 0.2) is 0 Å². The van der Waals surface area contributed by atoms with Gasteiger partial charge in [-0.3, -0.25) is 0 Å². The maximum atomic E-state index is 3.63. The standard InChI is InChI=1S/2C8H16N2.C8H15N.C7H14N2.C7H13N.C6H12N2.C6H13N.C5H10N2.C5H12N2.2C5H11N.C4H10N2.C4H9N/c1-4-9-5-2-8(1)3-6-10-7-8;1-2-8(10-5-1)3-6-9-7-4-8;1-2-4-8(5-3-1)6-9-7-8;1-3-8-4-2-7(1)5-9-6-7;1-2-4-7(3-1)5-8-6-7;1-2-7-3-6(1)4-8-5-6;1-2-4-6-7-5-3-1;1-5(2-6-1)3-7-4-5;1-2-6-4-5-7-3-1;2*1-2-4-6-5-3-1;1-2-6-4-3-5-1;1-2-4-5-3-1/h2*9-10H,1-7H2;9H,1-7H2;8-9H,1-6H2;8H,1-6H2;7-8H,1-5H2;7H,1-6H2;6-7H,1-4H2;6-7H,1-5H2;2*6H,1-5H2;5-6H,1-4H2;5H,1-4H2. The van der Waals surface area contributed by atoms with Gasteiger partial charge in [-0.2, -0.15) is 0 Å². The van der Waals surface area contributed by atoms with Gasteiger partial charge in [0.15, 0.2) is 0 Å². The molecular weight excluding hydrogens is 1220 g/mol. The van der Waals surface area contributed by atoms with Gasteiger partial charge >= 0.3 is 0 Å². The number of rotatable bonds is 0. The first-order chi connectivity index (χ1) is 48.4. The molecule has 2 saturated carbocycles. The molecular formula is C78H162N20. The summed E-state index contributed by atoms with van der Waals surface area (Å²) in [7, 11) is 0. The molecule has 7 spiro atoms. The summed E-state index contributed by atoms with van der Waals surface area (Å²) in [6.45, 7) is 48.1. The van der Waals surface area contributed by atoms with Crippen molar-refractivity contribution in [2.45, 2.75) is 211 Å². The number of piperidine rings is 5. The van der Waals surface area contributed by atoms with Crippen molar-refractivity contribution < 1.29 is 0 Å².